The van der Waals surface area contributed by atoms with Gasteiger partial charge in [-0.1, -0.05) is 0 Å². The molecule has 0 aromatic heterocycles. The van der Waals surface area contributed by atoms with Crippen LogP contribution >= 0.6 is 0 Å². The van der Waals surface area contributed by atoms with Crippen molar-refractivity contribution in [3.8, 4) is 5.75 Å². The Morgan fingerprint density at radius 2 is 2.16 bits per heavy atom. The molecule has 0 radical (unpaired) electrons. The van der Waals surface area contributed by atoms with Crippen molar-refractivity contribution in [1.29, 1.82) is 0 Å². The van der Waals surface area contributed by atoms with Crippen LogP contribution in [0.5, 0.6) is 5.75 Å². The standard InChI is InChI=1S/C14H16FNO3/c15-9-3-4-10(12(17)7-9)14(18)16-11-5-6-19-13(11)8-1-2-8/h3-4,7-8,11,13,17H,1-2,5-6H2,(H,16,18). The molecule has 1 aliphatic carbocycles. The number of benzene rings is 1. The van der Waals surface area contributed by atoms with Gasteiger partial charge in [-0.3, -0.25) is 4.79 Å². The smallest absolute Gasteiger partial charge is 0.255 e. The third-order valence-electron chi connectivity index (χ3n) is 3.74. The van der Waals surface area contributed by atoms with Gasteiger partial charge in [-0.05, 0) is 37.3 Å². The highest BCUT2D eigenvalue weighted by Crippen LogP contribution is 2.38. The molecule has 1 saturated carbocycles. The molecule has 0 spiro atoms. The summed E-state index contributed by atoms with van der Waals surface area (Å²) in [5.41, 5.74) is 0.0999. The zero-order valence-corrected chi connectivity index (χ0v) is 10.4. The van der Waals surface area contributed by atoms with Crippen molar-refractivity contribution >= 4 is 5.91 Å². The van der Waals surface area contributed by atoms with E-state index in [1.807, 2.05) is 0 Å². The first-order valence-electron chi connectivity index (χ1n) is 6.56. The summed E-state index contributed by atoms with van der Waals surface area (Å²) in [6.07, 6.45) is 3.18. The van der Waals surface area contributed by atoms with Gasteiger partial charge in [0.2, 0.25) is 0 Å². The molecule has 19 heavy (non-hydrogen) atoms. The predicted octanol–water partition coefficient (Wildman–Crippen LogP) is 1.83. The molecule has 2 fully saturated rings. The number of ether oxygens (including phenoxy) is 1. The molecule has 5 heteroatoms. The Kier molecular flexibility index (Phi) is 3.14. The van der Waals surface area contributed by atoms with Crippen LogP contribution in [-0.4, -0.2) is 29.8 Å². The minimum Gasteiger partial charge on any atom is -0.507 e. The number of carbonyl (C=O) groups is 1. The summed E-state index contributed by atoms with van der Waals surface area (Å²) >= 11 is 0. The van der Waals surface area contributed by atoms with Crippen molar-refractivity contribution < 1.29 is 19.0 Å². The predicted molar refractivity (Wildman–Crippen MR) is 66.4 cm³/mol. The lowest BCUT2D eigenvalue weighted by atomic mass is 10.1. The van der Waals surface area contributed by atoms with Crippen molar-refractivity contribution in [2.45, 2.75) is 31.4 Å². The van der Waals surface area contributed by atoms with Gasteiger partial charge in [0.1, 0.15) is 11.6 Å². The molecule has 2 unspecified atom stereocenters. The second-order valence-corrected chi connectivity index (χ2v) is 5.20. The number of carbonyl (C=O) groups excluding carboxylic acids is 1. The van der Waals surface area contributed by atoms with E-state index < -0.39 is 5.82 Å². The van der Waals surface area contributed by atoms with Crippen molar-refractivity contribution in [3.05, 3.63) is 29.6 Å². The molecule has 2 N–H and O–H groups in total. The van der Waals surface area contributed by atoms with Crippen LogP contribution in [0.2, 0.25) is 0 Å². The molecule has 3 rings (SSSR count). The number of hydrogen-bond acceptors (Lipinski definition) is 3. The molecule has 102 valence electrons. The number of nitrogens with one attached hydrogen (secondary N) is 1. The van der Waals surface area contributed by atoms with Crippen LogP contribution in [0, 0.1) is 11.7 Å². The van der Waals surface area contributed by atoms with Gasteiger partial charge < -0.3 is 15.2 Å². The lowest BCUT2D eigenvalue weighted by Crippen LogP contribution is -2.41. The number of halogens is 1. The molecule has 1 aliphatic heterocycles. The van der Waals surface area contributed by atoms with E-state index in [2.05, 4.69) is 5.32 Å². The van der Waals surface area contributed by atoms with Gasteiger partial charge in [-0.25, -0.2) is 4.39 Å². The molecule has 2 aliphatic rings. The van der Waals surface area contributed by atoms with Gasteiger partial charge in [0.15, 0.2) is 0 Å². The van der Waals surface area contributed by atoms with Crippen LogP contribution in [0.3, 0.4) is 0 Å². The van der Waals surface area contributed by atoms with Crippen molar-refractivity contribution in [3.63, 3.8) is 0 Å². The van der Waals surface area contributed by atoms with Crippen molar-refractivity contribution in [1.82, 2.24) is 5.32 Å². The van der Waals surface area contributed by atoms with Gasteiger partial charge in [0, 0.05) is 12.7 Å². The number of phenolic OH excluding ortho intramolecular Hbond substituents is 1. The summed E-state index contributed by atoms with van der Waals surface area (Å²) < 4.78 is 18.5. The zero-order chi connectivity index (χ0) is 13.4. The number of amides is 1. The zero-order valence-electron chi connectivity index (χ0n) is 10.4. The minimum atomic E-state index is -0.561. The highest BCUT2D eigenvalue weighted by molar-refractivity contribution is 5.97. The molecule has 2 atom stereocenters. The fourth-order valence-corrected chi connectivity index (χ4v) is 2.60. The van der Waals surface area contributed by atoms with Gasteiger partial charge >= 0.3 is 0 Å². The molecular formula is C14H16FNO3. The summed E-state index contributed by atoms with van der Waals surface area (Å²) in [6.45, 7) is 0.654. The Balaban J connectivity index is 1.70. The van der Waals surface area contributed by atoms with Crippen molar-refractivity contribution in [2.75, 3.05) is 6.61 Å². The molecule has 1 aromatic carbocycles. The minimum absolute atomic E-state index is 0.00977. The lowest BCUT2D eigenvalue weighted by Gasteiger charge is -2.19. The van der Waals surface area contributed by atoms with Crippen LogP contribution in [0.15, 0.2) is 18.2 Å². The number of aromatic hydroxyl groups is 1. The van der Waals surface area contributed by atoms with E-state index in [4.69, 9.17) is 4.74 Å². The van der Waals surface area contributed by atoms with Crippen LogP contribution < -0.4 is 5.32 Å². The van der Waals surface area contributed by atoms with Crippen LogP contribution in [0.4, 0.5) is 4.39 Å². The molecule has 1 amide bonds. The topological polar surface area (TPSA) is 58.6 Å². The third-order valence-corrected chi connectivity index (χ3v) is 3.74. The first-order valence-corrected chi connectivity index (χ1v) is 6.56. The number of hydrogen-bond donors (Lipinski definition) is 2. The lowest BCUT2D eigenvalue weighted by molar-refractivity contribution is 0.0728. The Morgan fingerprint density at radius 1 is 1.37 bits per heavy atom. The molecular weight excluding hydrogens is 249 g/mol. The third kappa shape index (κ3) is 2.56. The summed E-state index contributed by atoms with van der Waals surface area (Å²) in [5, 5.41) is 12.5. The van der Waals surface area contributed by atoms with E-state index in [-0.39, 0.29) is 29.4 Å². The maximum absolute atomic E-state index is 12.9. The number of phenols is 1. The van der Waals surface area contributed by atoms with E-state index >= 15 is 0 Å². The van der Waals surface area contributed by atoms with E-state index in [1.54, 1.807) is 0 Å². The average molecular weight is 265 g/mol. The van der Waals surface area contributed by atoms with Gasteiger partial charge in [-0.15, -0.1) is 0 Å². The second-order valence-electron chi connectivity index (χ2n) is 5.20. The molecule has 1 heterocycles. The summed E-state index contributed by atoms with van der Waals surface area (Å²) in [4.78, 5) is 12.1. The quantitative estimate of drug-likeness (QED) is 0.876. The van der Waals surface area contributed by atoms with E-state index in [0.29, 0.717) is 12.5 Å². The second kappa shape index (κ2) is 4.81. The molecule has 1 saturated heterocycles. The Bertz CT molecular complexity index is 501. The maximum Gasteiger partial charge on any atom is 0.255 e. The highest BCUT2D eigenvalue weighted by atomic mass is 19.1. The van der Waals surface area contributed by atoms with E-state index in [9.17, 15) is 14.3 Å². The van der Waals surface area contributed by atoms with Gasteiger partial charge in [-0.2, -0.15) is 0 Å². The summed E-state index contributed by atoms with van der Waals surface area (Å²) in [6, 6.07) is 3.39. The van der Waals surface area contributed by atoms with Gasteiger partial charge in [0.25, 0.3) is 5.91 Å². The largest absolute Gasteiger partial charge is 0.507 e. The van der Waals surface area contributed by atoms with Crippen LogP contribution in [-0.2, 0) is 4.74 Å². The molecule has 1 aromatic rings. The average Bonchev–Trinajstić information content (AvgIpc) is 3.10. The first kappa shape index (κ1) is 12.4. The first-order chi connectivity index (χ1) is 9.15. The monoisotopic (exact) mass is 265 g/mol. The number of rotatable bonds is 3. The maximum atomic E-state index is 12.9. The Labute approximate surface area is 110 Å². The molecule has 4 nitrogen and oxygen atoms in total. The fourth-order valence-electron chi connectivity index (χ4n) is 2.60. The summed E-state index contributed by atoms with van der Waals surface area (Å²) in [5.74, 6) is -0.721. The fraction of sp³-hybridized carbons (Fsp3) is 0.500. The Hall–Kier alpha value is -1.62. The Morgan fingerprint density at radius 3 is 2.84 bits per heavy atom. The van der Waals surface area contributed by atoms with Crippen LogP contribution in [0.1, 0.15) is 29.6 Å². The van der Waals surface area contributed by atoms with Crippen molar-refractivity contribution in [2.24, 2.45) is 5.92 Å². The van der Waals surface area contributed by atoms with Crippen LogP contribution in [0.25, 0.3) is 0 Å². The SMILES string of the molecule is O=C(NC1CCOC1C1CC1)c1ccc(F)cc1O. The van der Waals surface area contributed by atoms with Gasteiger partial charge in [0.05, 0.1) is 17.7 Å². The molecule has 0 bridgehead atoms. The highest BCUT2D eigenvalue weighted by Gasteiger charge is 2.41. The van der Waals surface area contributed by atoms with E-state index in [1.165, 1.54) is 6.07 Å². The van der Waals surface area contributed by atoms with E-state index in [0.717, 1.165) is 31.4 Å². The normalized spacial score (nSPS) is 26.4. The summed E-state index contributed by atoms with van der Waals surface area (Å²) in [7, 11) is 0.